The van der Waals surface area contributed by atoms with E-state index < -0.39 is 20.4 Å². The standard InChI is InChI=1S/C26H46BN3O11PS2/c1-26(2,8-15-39-25(32)30-12-17-36-19-18-35-16-10-28)44-43-21-37-13-3-4-14-38-24(31)29-11-5-9-27-23-7-6-22(41-23)20-40-42(33)34/h22-23H,3-4,6-8,10-21,28H2,1-2H3,(H2-,29,30,31,32,33,34)/p+1/t22-,23+/m0/s1. The molecule has 1 heterocycles. The van der Waals surface area contributed by atoms with Crippen molar-refractivity contribution in [2.75, 3.05) is 78.4 Å². The fraction of sp³-hybridized carbons (Fsp3) is 0.846. The molecule has 0 bridgehead atoms. The summed E-state index contributed by atoms with van der Waals surface area (Å²) in [5, 5.41) is 5.22. The first kappa shape index (κ1) is 40.7. The molecule has 251 valence electrons. The molecule has 44 heavy (non-hydrogen) atoms. The van der Waals surface area contributed by atoms with Crippen molar-refractivity contribution < 1.29 is 52.0 Å². The Kier molecular flexibility index (Phi) is 24.8. The van der Waals surface area contributed by atoms with Gasteiger partial charge in [0, 0.05) is 35.0 Å². The lowest BCUT2D eigenvalue weighted by Gasteiger charge is -2.22. The van der Waals surface area contributed by atoms with Crippen molar-refractivity contribution in [2.24, 2.45) is 5.73 Å². The molecule has 1 rings (SSSR count). The van der Waals surface area contributed by atoms with Crippen molar-refractivity contribution in [2.45, 2.75) is 62.8 Å². The highest BCUT2D eigenvalue weighted by Crippen LogP contribution is 2.38. The smallest absolute Gasteiger partial charge is 0.450 e. The van der Waals surface area contributed by atoms with Crippen LogP contribution < -0.4 is 16.4 Å². The Morgan fingerprint density at radius 3 is 2.52 bits per heavy atom. The number of nitrogens with two attached hydrogens (primary N) is 1. The van der Waals surface area contributed by atoms with Crippen LogP contribution in [-0.4, -0.2) is 120 Å². The topological polar surface area (TPSA) is 186 Å². The van der Waals surface area contributed by atoms with Gasteiger partial charge in [-0.15, -0.1) is 9.42 Å². The van der Waals surface area contributed by atoms with Gasteiger partial charge in [0.2, 0.25) is 0 Å². The van der Waals surface area contributed by atoms with Gasteiger partial charge in [0.1, 0.15) is 12.5 Å². The highest BCUT2D eigenvalue weighted by Gasteiger charge is 2.28. The molecule has 0 aliphatic carbocycles. The number of amides is 2. The molecule has 0 aromatic rings. The van der Waals surface area contributed by atoms with Crippen LogP contribution in [0.2, 0.25) is 0 Å². The number of nitrogens with one attached hydrogen (secondary N) is 2. The Morgan fingerprint density at radius 2 is 1.75 bits per heavy atom. The average Bonchev–Trinajstić information content (AvgIpc) is 3.44. The van der Waals surface area contributed by atoms with Crippen LogP contribution in [-0.2, 0) is 37.5 Å². The summed E-state index contributed by atoms with van der Waals surface area (Å²) in [6.45, 7) is 8.21. The van der Waals surface area contributed by atoms with Gasteiger partial charge in [0.25, 0.3) is 7.28 Å². The molecule has 1 aliphatic heterocycles. The number of carbonyl (C=O) groups is 2. The molecule has 2 amide bonds. The van der Waals surface area contributed by atoms with Crippen LogP contribution >= 0.6 is 29.8 Å². The Labute approximate surface area is 270 Å². The molecule has 3 atom stereocenters. The summed E-state index contributed by atoms with van der Waals surface area (Å²) in [4.78, 5) is 32.2. The average molecular weight is 684 g/mol. The van der Waals surface area contributed by atoms with Gasteiger partial charge in [-0.25, -0.2) is 9.59 Å². The molecule has 1 saturated heterocycles. The molecule has 1 unspecified atom stereocenters. The van der Waals surface area contributed by atoms with E-state index in [1.54, 1.807) is 28.9 Å². The predicted molar refractivity (Wildman–Crippen MR) is 171 cm³/mol. The van der Waals surface area contributed by atoms with Gasteiger partial charge in [-0.05, 0) is 46.0 Å². The second kappa shape index (κ2) is 26.9. The van der Waals surface area contributed by atoms with Gasteiger partial charge in [-0.3, -0.25) is 0 Å². The van der Waals surface area contributed by atoms with Gasteiger partial charge < -0.3 is 44.8 Å². The number of carbonyl (C=O) groups excluding carboxylic acids is 2. The van der Waals surface area contributed by atoms with Crippen molar-refractivity contribution in [3.8, 4) is 11.7 Å². The number of hydrogen-bond donors (Lipinski definition) is 4. The normalized spacial score (nSPS) is 16.5. The third kappa shape index (κ3) is 24.9. The van der Waals surface area contributed by atoms with Crippen LogP contribution in [0.3, 0.4) is 0 Å². The van der Waals surface area contributed by atoms with Gasteiger partial charge in [0.05, 0.1) is 52.3 Å². The van der Waals surface area contributed by atoms with Gasteiger partial charge in [-0.2, -0.15) is 5.82 Å². The first-order valence-electron chi connectivity index (χ1n) is 14.5. The molecule has 0 saturated carbocycles. The van der Waals surface area contributed by atoms with Crippen LogP contribution in [0.5, 0.6) is 0 Å². The minimum atomic E-state index is -2.62. The molecular weight excluding hydrogens is 636 g/mol. The SMILES string of the molecule is CC(C)(CCOC(=O)NCCOCCOCCN)SSCOCCCCOC(=O)NCC#C[B][C@H]1CC[C@@H](CO[P+](=O)O)O1. The Hall–Kier alpha value is -1.32. The minimum Gasteiger partial charge on any atom is -0.450 e. The van der Waals surface area contributed by atoms with E-state index in [1.165, 1.54) is 0 Å². The zero-order chi connectivity index (χ0) is 32.3. The van der Waals surface area contributed by atoms with Crippen molar-refractivity contribution in [1.82, 2.24) is 10.6 Å². The number of rotatable bonds is 25. The van der Waals surface area contributed by atoms with Gasteiger partial charge in [0.15, 0.2) is 0 Å². The lowest BCUT2D eigenvalue weighted by molar-refractivity contribution is 0.0492. The molecule has 18 heteroatoms. The summed E-state index contributed by atoms with van der Waals surface area (Å²) in [6.07, 6.45) is 2.39. The number of ether oxygens (including phenoxy) is 6. The molecule has 1 fully saturated rings. The van der Waals surface area contributed by atoms with Crippen LogP contribution in [0.1, 0.15) is 46.0 Å². The predicted octanol–water partition coefficient (Wildman–Crippen LogP) is 2.57. The van der Waals surface area contributed by atoms with E-state index in [0.29, 0.717) is 71.5 Å². The fourth-order valence-corrected chi connectivity index (χ4v) is 5.93. The maximum absolute atomic E-state index is 11.8. The Bertz CT molecular complexity index is 871. The lowest BCUT2D eigenvalue weighted by atomic mass is 9.71. The largest absolute Gasteiger partial charge is 0.694 e. The zero-order valence-corrected chi connectivity index (χ0v) is 28.2. The molecule has 0 spiro atoms. The Balaban J connectivity index is 1.91. The first-order chi connectivity index (χ1) is 21.2. The fourth-order valence-electron chi connectivity index (χ4n) is 3.36. The van der Waals surface area contributed by atoms with Crippen LogP contribution in [0, 0.1) is 11.7 Å². The van der Waals surface area contributed by atoms with E-state index in [9.17, 15) is 14.2 Å². The number of hydrogen-bond acceptors (Lipinski definition) is 13. The lowest BCUT2D eigenvalue weighted by Crippen LogP contribution is -2.29. The zero-order valence-electron chi connectivity index (χ0n) is 25.6. The molecule has 0 aromatic carbocycles. The summed E-state index contributed by atoms with van der Waals surface area (Å²) in [5.41, 5.74) is 5.33. The molecule has 1 aliphatic rings. The summed E-state index contributed by atoms with van der Waals surface area (Å²) >= 11 is 0. The number of alkyl carbamates (subject to hydrolysis) is 2. The minimum absolute atomic E-state index is 0.0753. The van der Waals surface area contributed by atoms with E-state index in [0.717, 1.165) is 19.3 Å². The number of unbranched alkanes of at least 4 members (excludes halogenated alkanes) is 1. The summed E-state index contributed by atoms with van der Waals surface area (Å²) in [7, 11) is 2.35. The molecule has 5 N–H and O–H groups in total. The second-order valence-electron chi connectivity index (χ2n) is 9.90. The highest BCUT2D eigenvalue weighted by atomic mass is 33.1. The summed E-state index contributed by atoms with van der Waals surface area (Å²) in [6, 6.07) is -0.166. The van der Waals surface area contributed by atoms with Crippen LogP contribution in [0.25, 0.3) is 0 Å². The summed E-state index contributed by atoms with van der Waals surface area (Å²) < 4.78 is 47.3. The third-order valence-electron chi connectivity index (χ3n) is 5.62. The second-order valence-corrected chi connectivity index (χ2v) is 13.6. The van der Waals surface area contributed by atoms with Gasteiger partial charge in [-0.1, -0.05) is 27.5 Å². The van der Waals surface area contributed by atoms with E-state index in [-0.39, 0.29) is 36.6 Å². The maximum atomic E-state index is 11.8. The van der Waals surface area contributed by atoms with Crippen molar-refractivity contribution >= 4 is 49.3 Å². The first-order valence-corrected chi connectivity index (χ1v) is 18.0. The molecular formula is C26H47BN3O11PS2+. The quantitative estimate of drug-likeness (QED) is 0.0275. The molecule has 1 radical (unpaired) electrons. The van der Waals surface area contributed by atoms with E-state index in [4.69, 9.17) is 39.0 Å². The van der Waals surface area contributed by atoms with Crippen molar-refractivity contribution in [3.05, 3.63) is 0 Å². The van der Waals surface area contributed by atoms with E-state index in [2.05, 4.69) is 40.7 Å². The van der Waals surface area contributed by atoms with Crippen LogP contribution in [0.15, 0.2) is 0 Å². The summed E-state index contributed by atoms with van der Waals surface area (Å²) in [5.74, 6) is 6.17. The monoisotopic (exact) mass is 683 g/mol. The van der Waals surface area contributed by atoms with E-state index >= 15 is 0 Å². The van der Waals surface area contributed by atoms with Crippen molar-refractivity contribution in [3.63, 3.8) is 0 Å². The maximum Gasteiger partial charge on any atom is 0.694 e. The molecule has 0 aromatic heterocycles. The third-order valence-corrected chi connectivity index (χ3v) is 9.02. The molecule has 14 nitrogen and oxygen atoms in total. The van der Waals surface area contributed by atoms with E-state index in [1.807, 2.05) is 0 Å². The Morgan fingerprint density at radius 1 is 1.02 bits per heavy atom. The van der Waals surface area contributed by atoms with Gasteiger partial charge >= 0.3 is 20.4 Å². The van der Waals surface area contributed by atoms with Crippen molar-refractivity contribution in [1.29, 1.82) is 0 Å². The highest BCUT2D eigenvalue weighted by molar-refractivity contribution is 8.77. The van der Waals surface area contributed by atoms with Crippen LogP contribution in [0.4, 0.5) is 9.59 Å².